The van der Waals surface area contributed by atoms with Crippen molar-refractivity contribution in [3.05, 3.63) is 94.6 Å². The predicted octanol–water partition coefficient (Wildman–Crippen LogP) is 5.44. The van der Waals surface area contributed by atoms with E-state index >= 15 is 0 Å². The number of nitrogens with one attached hydrogen (secondary N) is 1. The maximum atomic E-state index is 12.6. The first-order valence-electron chi connectivity index (χ1n) is 9.86. The van der Waals surface area contributed by atoms with Gasteiger partial charge in [0.15, 0.2) is 11.5 Å². The third-order valence-electron chi connectivity index (χ3n) is 4.95. The zero-order chi connectivity index (χ0) is 22.2. The highest BCUT2D eigenvalue weighted by Crippen LogP contribution is 2.30. The lowest BCUT2D eigenvalue weighted by Gasteiger charge is -2.12. The molecule has 0 unspecified atom stereocenters. The number of hydrogen-bond donors (Lipinski definition) is 1. The first kappa shape index (κ1) is 21.7. The Morgan fingerprint density at radius 1 is 1.03 bits per heavy atom. The van der Waals surface area contributed by atoms with Gasteiger partial charge in [0.05, 0.1) is 7.11 Å². The molecule has 1 N–H and O–H groups in total. The minimum absolute atomic E-state index is 0.000845. The molecule has 1 amide bonds. The summed E-state index contributed by atoms with van der Waals surface area (Å²) in [4.78, 5) is 12.6. The Hall–Kier alpha value is -4.04. The van der Waals surface area contributed by atoms with Crippen LogP contribution in [-0.4, -0.2) is 13.0 Å². The standard InChI is InChI=1S/C26H24N2O3/c1-18-8-7-11-23(19(18)2)28-26(29)22(16-27)14-21-12-13-24(25(15-21)30-3)31-17-20-9-5-4-6-10-20/h4-15H,17H2,1-3H3,(H,28,29)/b22-14-. The number of carbonyl (C=O) groups is 1. The molecule has 0 spiro atoms. The molecule has 0 bridgehead atoms. The monoisotopic (exact) mass is 412 g/mol. The summed E-state index contributed by atoms with van der Waals surface area (Å²) in [7, 11) is 1.55. The maximum Gasteiger partial charge on any atom is 0.266 e. The fourth-order valence-corrected chi connectivity index (χ4v) is 3.02. The van der Waals surface area contributed by atoms with Gasteiger partial charge >= 0.3 is 0 Å². The molecule has 0 saturated carbocycles. The van der Waals surface area contributed by atoms with Crippen molar-refractivity contribution in [2.75, 3.05) is 12.4 Å². The third-order valence-corrected chi connectivity index (χ3v) is 4.95. The number of amides is 1. The van der Waals surface area contributed by atoms with E-state index in [9.17, 15) is 10.1 Å². The summed E-state index contributed by atoms with van der Waals surface area (Å²) in [6.45, 7) is 4.31. The molecule has 3 aromatic carbocycles. The number of benzene rings is 3. The van der Waals surface area contributed by atoms with Crippen molar-refractivity contribution < 1.29 is 14.3 Å². The van der Waals surface area contributed by atoms with Crippen LogP contribution >= 0.6 is 0 Å². The molecule has 0 aliphatic carbocycles. The van der Waals surface area contributed by atoms with Gasteiger partial charge in [-0.2, -0.15) is 5.26 Å². The fraction of sp³-hybridized carbons (Fsp3) is 0.154. The van der Waals surface area contributed by atoms with Gasteiger partial charge < -0.3 is 14.8 Å². The van der Waals surface area contributed by atoms with Crippen LogP contribution in [0.5, 0.6) is 11.5 Å². The van der Waals surface area contributed by atoms with E-state index in [0.717, 1.165) is 16.7 Å². The molecule has 0 fully saturated rings. The molecular formula is C26H24N2O3. The average Bonchev–Trinajstić information content (AvgIpc) is 2.80. The van der Waals surface area contributed by atoms with Crippen LogP contribution in [0.25, 0.3) is 6.08 Å². The smallest absolute Gasteiger partial charge is 0.266 e. The lowest BCUT2D eigenvalue weighted by atomic mass is 10.1. The summed E-state index contributed by atoms with van der Waals surface area (Å²) < 4.78 is 11.3. The zero-order valence-electron chi connectivity index (χ0n) is 17.8. The van der Waals surface area contributed by atoms with Crippen molar-refractivity contribution in [3.63, 3.8) is 0 Å². The molecule has 3 rings (SSSR count). The van der Waals surface area contributed by atoms with E-state index in [2.05, 4.69) is 5.32 Å². The van der Waals surface area contributed by atoms with E-state index in [-0.39, 0.29) is 5.57 Å². The highest BCUT2D eigenvalue weighted by Gasteiger charge is 2.13. The summed E-state index contributed by atoms with van der Waals surface area (Å²) in [5.41, 5.74) is 4.43. The van der Waals surface area contributed by atoms with Crippen molar-refractivity contribution in [1.82, 2.24) is 0 Å². The summed E-state index contributed by atoms with van der Waals surface area (Å²) in [6, 6.07) is 22.8. The molecule has 0 aliphatic heterocycles. The average molecular weight is 412 g/mol. The highest BCUT2D eigenvalue weighted by molar-refractivity contribution is 6.10. The number of rotatable bonds is 7. The molecular weight excluding hydrogens is 388 g/mol. The van der Waals surface area contributed by atoms with Crippen LogP contribution in [0.15, 0.2) is 72.3 Å². The summed E-state index contributed by atoms with van der Waals surface area (Å²) >= 11 is 0. The van der Waals surface area contributed by atoms with Crippen LogP contribution < -0.4 is 14.8 Å². The van der Waals surface area contributed by atoms with Crippen LogP contribution in [0, 0.1) is 25.2 Å². The van der Waals surface area contributed by atoms with E-state index in [1.54, 1.807) is 25.3 Å². The van der Waals surface area contributed by atoms with E-state index in [4.69, 9.17) is 9.47 Å². The number of carbonyl (C=O) groups excluding carboxylic acids is 1. The molecule has 0 radical (unpaired) electrons. The molecule has 156 valence electrons. The van der Waals surface area contributed by atoms with Crippen LogP contribution in [-0.2, 0) is 11.4 Å². The van der Waals surface area contributed by atoms with Crippen LogP contribution in [0.4, 0.5) is 5.69 Å². The Bertz CT molecular complexity index is 1150. The minimum Gasteiger partial charge on any atom is -0.493 e. The van der Waals surface area contributed by atoms with Crippen molar-refractivity contribution >= 4 is 17.7 Å². The molecule has 0 atom stereocenters. The number of methoxy groups -OCH3 is 1. The normalized spacial score (nSPS) is 10.8. The van der Waals surface area contributed by atoms with Crippen molar-refractivity contribution in [3.8, 4) is 17.6 Å². The third kappa shape index (κ3) is 5.52. The molecule has 0 aliphatic rings. The van der Waals surface area contributed by atoms with Gasteiger partial charge in [0.2, 0.25) is 0 Å². The zero-order valence-corrected chi connectivity index (χ0v) is 17.8. The second-order valence-corrected chi connectivity index (χ2v) is 7.06. The fourth-order valence-electron chi connectivity index (χ4n) is 3.02. The number of anilines is 1. The second kappa shape index (κ2) is 10.1. The van der Waals surface area contributed by atoms with Gasteiger partial charge in [-0.05, 0) is 60.4 Å². The Labute approximate surface area is 182 Å². The Morgan fingerprint density at radius 3 is 2.52 bits per heavy atom. The van der Waals surface area contributed by atoms with Crippen molar-refractivity contribution in [1.29, 1.82) is 5.26 Å². The van der Waals surface area contributed by atoms with Gasteiger partial charge in [0.1, 0.15) is 18.2 Å². The lowest BCUT2D eigenvalue weighted by Crippen LogP contribution is -2.14. The van der Waals surface area contributed by atoms with Gasteiger partial charge in [-0.1, -0.05) is 48.5 Å². The van der Waals surface area contributed by atoms with E-state index in [0.29, 0.717) is 29.4 Å². The Morgan fingerprint density at radius 2 is 1.81 bits per heavy atom. The molecule has 5 heteroatoms. The van der Waals surface area contributed by atoms with Gasteiger partial charge in [-0.25, -0.2) is 0 Å². The number of nitriles is 1. The largest absolute Gasteiger partial charge is 0.493 e. The van der Waals surface area contributed by atoms with Gasteiger partial charge in [0.25, 0.3) is 5.91 Å². The molecule has 31 heavy (non-hydrogen) atoms. The van der Waals surface area contributed by atoms with Crippen LogP contribution in [0.3, 0.4) is 0 Å². The van der Waals surface area contributed by atoms with Crippen molar-refractivity contribution in [2.24, 2.45) is 0 Å². The highest BCUT2D eigenvalue weighted by atomic mass is 16.5. The lowest BCUT2D eigenvalue weighted by molar-refractivity contribution is -0.112. The number of aryl methyl sites for hydroxylation is 1. The second-order valence-electron chi connectivity index (χ2n) is 7.06. The van der Waals surface area contributed by atoms with E-state index in [1.807, 2.05) is 68.4 Å². The SMILES string of the molecule is COc1cc(/C=C(/C#N)C(=O)Nc2cccc(C)c2C)ccc1OCc1ccccc1. The number of hydrogen-bond acceptors (Lipinski definition) is 4. The number of ether oxygens (including phenoxy) is 2. The maximum absolute atomic E-state index is 12.6. The summed E-state index contributed by atoms with van der Waals surface area (Å²) in [5, 5.41) is 12.3. The molecule has 5 nitrogen and oxygen atoms in total. The summed E-state index contributed by atoms with van der Waals surface area (Å²) in [5.74, 6) is 0.651. The predicted molar refractivity (Wildman–Crippen MR) is 122 cm³/mol. The van der Waals surface area contributed by atoms with Crippen molar-refractivity contribution in [2.45, 2.75) is 20.5 Å². The summed E-state index contributed by atoms with van der Waals surface area (Å²) in [6.07, 6.45) is 1.53. The minimum atomic E-state index is -0.459. The molecule has 3 aromatic rings. The Kier molecular flexibility index (Phi) is 7.08. The van der Waals surface area contributed by atoms with Crippen LogP contribution in [0.2, 0.25) is 0 Å². The first-order chi connectivity index (χ1) is 15.0. The van der Waals surface area contributed by atoms with Crippen LogP contribution in [0.1, 0.15) is 22.3 Å². The van der Waals surface area contributed by atoms with Gasteiger partial charge in [-0.3, -0.25) is 4.79 Å². The molecule has 0 heterocycles. The Balaban J connectivity index is 1.77. The van der Waals surface area contributed by atoms with E-state index in [1.165, 1.54) is 6.08 Å². The topological polar surface area (TPSA) is 71.3 Å². The van der Waals surface area contributed by atoms with Gasteiger partial charge in [-0.15, -0.1) is 0 Å². The molecule has 0 saturated heterocycles. The van der Waals surface area contributed by atoms with Gasteiger partial charge in [0, 0.05) is 5.69 Å². The quantitative estimate of drug-likeness (QED) is 0.414. The number of nitrogens with zero attached hydrogens (tertiary/aromatic N) is 1. The van der Waals surface area contributed by atoms with E-state index < -0.39 is 5.91 Å². The first-order valence-corrected chi connectivity index (χ1v) is 9.86. The molecule has 0 aromatic heterocycles.